The van der Waals surface area contributed by atoms with Gasteiger partial charge in [0.1, 0.15) is 5.75 Å². The number of methoxy groups -OCH3 is 1. The first-order valence-electron chi connectivity index (χ1n) is 9.20. The van der Waals surface area contributed by atoms with Crippen LogP contribution in [0.25, 0.3) is 16.6 Å². The van der Waals surface area contributed by atoms with Gasteiger partial charge in [-0.1, -0.05) is 12.1 Å². The van der Waals surface area contributed by atoms with E-state index in [4.69, 9.17) is 19.1 Å². The van der Waals surface area contributed by atoms with E-state index in [2.05, 4.69) is 52.8 Å². The molecule has 0 unspecified atom stereocenters. The summed E-state index contributed by atoms with van der Waals surface area (Å²) in [5.74, 6) is 0.829. The van der Waals surface area contributed by atoms with Gasteiger partial charge in [-0.15, -0.1) is 0 Å². The SMILES string of the molecule is COc1ccc2nn(-c3ccc(B4OC(C)(C)C(C)(C)O4)cc3C)cc2c1. The summed E-state index contributed by atoms with van der Waals surface area (Å²) in [5, 5.41) is 5.74. The smallest absolute Gasteiger partial charge is 0.494 e. The van der Waals surface area contributed by atoms with Crippen LogP contribution in [0.2, 0.25) is 0 Å². The Morgan fingerprint density at radius 1 is 1.00 bits per heavy atom. The van der Waals surface area contributed by atoms with Crippen molar-refractivity contribution in [3.05, 3.63) is 48.2 Å². The molecule has 1 aromatic heterocycles. The van der Waals surface area contributed by atoms with E-state index in [0.717, 1.165) is 33.4 Å². The van der Waals surface area contributed by atoms with Gasteiger partial charge in [0.2, 0.25) is 0 Å². The Labute approximate surface area is 160 Å². The first-order chi connectivity index (χ1) is 12.7. The number of aromatic nitrogens is 2. The van der Waals surface area contributed by atoms with Gasteiger partial charge in [0.15, 0.2) is 0 Å². The van der Waals surface area contributed by atoms with Gasteiger partial charge >= 0.3 is 7.12 Å². The summed E-state index contributed by atoms with van der Waals surface area (Å²) >= 11 is 0. The molecule has 1 aliphatic heterocycles. The van der Waals surface area contributed by atoms with E-state index in [1.165, 1.54) is 0 Å². The van der Waals surface area contributed by atoms with Gasteiger partial charge in [-0.25, -0.2) is 4.68 Å². The summed E-state index contributed by atoms with van der Waals surface area (Å²) in [7, 11) is 1.31. The number of aryl methyl sites for hydroxylation is 1. The van der Waals surface area contributed by atoms with Crippen molar-refractivity contribution in [1.82, 2.24) is 9.78 Å². The average molecular weight is 364 g/mol. The van der Waals surface area contributed by atoms with Crippen LogP contribution in [-0.4, -0.2) is 35.2 Å². The number of hydrogen-bond donors (Lipinski definition) is 0. The monoisotopic (exact) mass is 364 g/mol. The molecule has 0 amide bonds. The molecule has 1 saturated heterocycles. The molecule has 4 rings (SSSR count). The van der Waals surface area contributed by atoms with Crippen molar-refractivity contribution in [3.63, 3.8) is 0 Å². The third kappa shape index (κ3) is 3.03. The maximum atomic E-state index is 6.17. The lowest BCUT2D eigenvalue weighted by atomic mass is 9.78. The van der Waals surface area contributed by atoms with Gasteiger partial charge in [-0.2, -0.15) is 5.10 Å². The van der Waals surface area contributed by atoms with Crippen molar-refractivity contribution in [1.29, 1.82) is 0 Å². The lowest BCUT2D eigenvalue weighted by Crippen LogP contribution is -2.41. The third-order valence-electron chi connectivity index (χ3n) is 5.70. The van der Waals surface area contributed by atoms with Crippen LogP contribution in [0.15, 0.2) is 42.6 Å². The molecule has 3 aromatic rings. The van der Waals surface area contributed by atoms with E-state index in [0.29, 0.717) is 0 Å². The molecular weight excluding hydrogens is 339 g/mol. The van der Waals surface area contributed by atoms with Gasteiger partial charge in [-0.3, -0.25) is 0 Å². The minimum Gasteiger partial charge on any atom is -0.497 e. The third-order valence-corrected chi connectivity index (χ3v) is 5.70. The Morgan fingerprint density at radius 2 is 1.70 bits per heavy atom. The zero-order valence-electron chi connectivity index (χ0n) is 16.7. The molecule has 0 N–H and O–H groups in total. The second kappa shape index (κ2) is 6.11. The fraction of sp³-hybridized carbons (Fsp3) is 0.381. The lowest BCUT2D eigenvalue weighted by molar-refractivity contribution is 0.00578. The molecule has 0 saturated carbocycles. The van der Waals surface area contributed by atoms with E-state index >= 15 is 0 Å². The van der Waals surface area contributed by atoms with Crippen molar-refractivity contribution in [2.24, 2.45) is 0 Å². The largest absolute Gasteiger partial charge is 0.497 e. The highest BCUT2D eigenvalue weighted by atomic mass is 16.7. The molecule has 0 radical (unpaired) electrons. The minimum atomic E-state index is -0.358. The molecule has 2 aromatic carbocycles. The predicted octanol–water partition coefficient (Wildman–Crippen LogP) is 3.64. The Morgan fingerprint density at radius 3 is 2.33 bits per heavy atom. The molecule has 2 heterocycles. The van der Waals surface area contributed by atoms with Crippen molar-refractivity contribution in [3.8, 4) is 11.4 Å². The molecule has 6 heteroatoms. The molecule has 0 spiro atoms. The molecular formula is C21H25BN2O3. The first-order valence-corrected chi connectivity index (χ1v) is 9.20. The van der Waals surface area contributed by atoms with Crippen LogP contribution in [0.3, 0.4) is 0 Å². The van der Waals surface area contributed by atoms with Gasteiger partial charge in [0.25, 0.3) is 0 Å². The maximum absolute atomic E-state index is 6.17. The van der Waals surface area contributed by atoms with Crippen molar-refractivity contribution < 1.29 is 14.0 Å². The van der Waals surface area contributed by atoms with Gasteiger partial charge < -0.3 is 14.0 Å². The molecule has 140 valence electrons. The summed E-state index contributed by atoms with van der Waals surface area (Å²) in [4.78, 5) is 0. The topological polar surface area (TPSA) is 45.5 Å². The second-order valence-electron chi connectivity index (χ2n) is 8.13. The lowest BCUT2D eigenvalue weighted by Gasteiger charge is -2.32. The van der Waals surface area contributed by atoms with Crippen LogP contribution in [0.5, 0.6) is 5.75 Å². The van der Waals surface area contributed by atoms with Crippen LogP contribution in [0.4, 0.5) is 0 Å². The number of benzene rings is 2. The van der Waals surface area contributed by atoms with Crippen LogP contribution in [0, 0.1) is 6.92 Å². The summed E-state index contributed by atoms with van der Waals surface area (Å²) < 4.78 is 19.5. The normalized spacial score (nSPS) is 18.2. The standard InChI is InChI=1S/C21H25BN2O3/c1-14-11-16(22-26-20(2,3)21(4,5)27-22)7-10-19(14)24-13-15-12-17(25-6)8-9-18(15)23-24/h7-13H,1-6H3. The van der Waals surface area contributed by atoms with Gasteiger partial charge in [0.05, 0.1) is 29.5 Å². The average Bonchev–Trinajstić information content (AvgIpc) is 3.11. The van der Waals surface area contributed by atoms with Gasteiger partial charge in [0, 0.05) is 11.6 Å². The van der Waals surface area contributed by atoms with Crippen LogP contribution in [0.1, 0.15) is 33.3 Å². The second-order valence-corrected chi connectivity index (χ2v) is 8.13. The molecule has 1 fully saturated rings. The molecule has 0 bridgehead atoms. The highest BCUT2D eigenvalue weighted by Crippen LogP contribution is 2.36. The van der Waals surface area contributed by atoms with Crippen LogP contribution < -0.4 is 10.2 Å². The summed E-state index contributed by atoms with van der Waals surface area (Å²) in [6.07, 6.45) is 2.02. The molecule has 0 atom stereocenters. The highest BCUT2D eigenvalue weighted by Gasteiger charge is 2.51. The molecule has 0 aliphatic carbocycles. The van der Waals surface area contributed by atoms with Crippen molar-refractivity contribution in [2.75, 3.05) is 7.11 Å². The first kappa shape index (κ1) is 18.1. The minimum absolute atomic E-state index is 0.344. The number of ether oxygens (including phenoxy) is 1. The van der Waals surface area contributed by atoms with E-state index < -0.39 is 0 Å². The summed E-state index contributed by atoms with van der Waals surface area (Å²) in [5.41, 5.74) is 3.41. The molecule has 5 nitrogen and oxygen atoms in total. The summed E-state index contributed by atoms with van der Waals surface area (Å²) in [6.45, 7) is 10.3. The van der Waals surface area contributed by atoms with E-state index in [1.807, 2.05) is 29.1 Å². The Bertz CT molecular complexity index is 994. The van der Waals surface area contributed by atoms with E-state index in [1.54, 1.807) is 7.11 Å². The van der Waals surface area contributed by atoms with E-state index in [9.17, 15) is 0 Å². The number of hydrogen-bond acceptors (Lipinski definition) is 4. The summed E-state index contributed by atoms with van der Waals surface area (Å²) in [6, 6.07) is 12.1. The molecule has 27 heavy (non-hydrogen) atoms. The van der Waals surface area contributed by atoms with Crippen molar-refractivity contribution >= 4 is 23.5 Å². The van der Waals surface area contributed by atoms with Gasteiger partial charge in [-0.05, 0) is 69.9 Å². The Hall–Kier alpha value is -2.31. The fourth-order valence-electron chi connectivity index (χ4n) is 3.32. The fourth-order valence-corrected chi connectivity index (χ4v) is 3.32. The van der Waals surface area contributed by atoms with Crippen molar-refractivity contribution in [2.45, 2.75) is 45.8 Å². The number of rotatable bonds is 3. The predicted molar refractivity (Wildman–Crippen MR) is 108 cm³/mol. The number of fused-ring (bicyclic) bond motifs is 1. The zero-order chi connectivity index (χ0) is 19.4. The highest BCUT2D eigenvalue weighted by molar-refractivity contribution is 6.62. The van der Waals surface area contributed by atoms with Crippen LogP contribution >= 0.6 is 0 Å². The Balaban J connectivity index is 1.67. The zero-order valence-corrected chi connectivity index (χ0v) is 16.7. The number of nitrogens with zero attached hydrogens (tertiary/aromatic N) is 2. The quantitative estimate of drug-likeness (QED) is 0.666. The van der Waals surface area contributed by atoms with Crippen LogP contribution in [-0.2, 0) is 9.31 Å². The van der Waals surface area contributed by atoms with E-state index in [-0.39, 0.29) is 18.3 Å². The maximum Gasteiger partial charge on any atom is 0.494 e. The molecule has 1 aliphatic rings. The Kier molecular flexibility index (Phi) is 4.09.